The zero-order chi connectivity index (χ0) is 14.8. The maximum Gasteiger partial charge on any atom is 0.420 e. The molecule has 0 saturated carbocycles. The zero-order valence-electron chi connectivity index (χ0n) is 11.5. The molecular formula is C16H15NO4. The Labute approximate surface area is 121 Å². The first-order valence-corrected chi connectivity index (χ1v) is 6.59. The van der Waals surface area contributed by atoms with Crippen molar-refractivity contribution >= 4 is 11.1 Å². The first-order valence-electron chi connectivity index (χ1n) is 6.59. The van der Waals surface area contributed by atoms with Crippen LogP contribution in [0.15, 0.2) is 57.7 Å². The van der Waals surface area contributed by atoms with Gasteiger partial charge in [0.1, 0.15) is 5.75 Å². The number of aliphatic hydroxyl groups is 1. The van der Waals surface area contributed by atoms with Crippen LogP contribution in [0.25, 0.3) is 11.1 Å². The van der Waals surface area contributed by atoms with Crippen LogP contribution in [-0.2, 0) is 6.54 Å². The Balaban J connectivity index is 1.94. The molecule has 5 heteroatoms. The summed E-state index contributed by atoms with van der Waals surface area (Å²) in [6, 6.07) is 14.3. The van der Waals surface area contributed by atoms with Crippen molar-refractivity contribution in [1.82, 2.24) is 4.57 Å². The lowest BCUT2D eigenvalue weighted by Gasteiger charge is -2.12. The van der Waals surface area contributed by atoms with Gasteiger partial charge in [0.15, 0.2) is 5.58 Å². The smallest absolute Gasteiger partial charge is 0.420 e. The van der Waals surface area contributed by atoms with Crippen molar-refractivity contribution in [3.63, 3.8) is 0 Å². The second-order valence-corrected chi connectivity index (χ2v) is 4.74. The molecule has 0 fully saturated rings. The fourth-order valence-corrected chi connectivity index (χ4v) is 2.31. The number of benzene rings is 2. The predicted octanol–water partition coefficient (Wildman–Crippen LogP) is 2.34. The molecule has 0 amide bonds. The number of oxazole rings is 1. The molecule has 1 atom stereocenters. The number of hydrogen-bond acceptors (Lipinski definition) is 4. The molecule has 0 spiro atoms. The maximum atomic E-state index is 11.9. The van der Waals surface area contributed by atoms with Crippen molar-refractivity contribution in [2.24, 2.45) is 0 Å². The highest BCUT2D eigenvalue weighted by molar-refractivity contribution is 5.72. The summed E-state index contributed by atoms with van der Waals surface area (Å²) in [4.78, 5) is 11.9. The molecule has 2 aromatic carbocycles. The topological polar surface area (TPSA) is 64.6 Å². The normalized spacial score (nSPS) is 12.5. The number of rotatable bonds is 4. The molecule has 1 heterocycles. The third kappa shape index (κ3) is 2.55. The summed E-state index contributed by atoms with van der Waals surface area (Å²) in [6.07, 6.45) is -0.821. The molecule has 1 N–H and O–H groups in total. The SMILES string of the molecule is COc1cccc(C(O)Cn2c(=O)oc3ccccc32)c1. The van der Waals surface area contributed by atoms with E-state index >= 15 is 0 Å². The summed E-state index contributed by atoms with van der Waals surface area (Å²) in [5.74, 6) is 0.189. The molecule has 5 nitrogen and oxygen atoms in total. The number of methoxy groups -OCH3 is 1. The molecule has 0 aliphatic heterocycles. The van der Waals surface area contributed by atoms with E-state index in [1.165, 1.54) is 4.57 Å². The summed E-state index contributed by atoms with van der Waals surface area (Å²) in [5.41, 5.74) is 1.87. The van der Waals surface area contributed by atoms with Crippen LogP contribution in [0.5, 0.6) is 5.75 Å². The molecule has 1 aromatic heterocycles. The van der Waals surface area contributed by atoms with E-state index in [0.29, 0.717) is 22.4 Å². The van der Waals surface area contributed by atoms with Gasteiger partial charge < -0.3 is 14.3 Å². The standard InChI is InChI=1S/C16H15NO4/c1-20-12-6-4-5-11(9-12)14(18)10-17-13-7-2-3-8-15(13)21-16(17)19/h2-9,14,18H,10H2,1H3. The lowest BCUT2D eigenvalue weighted by atomic mass is 10.1. The van der Waals surface area contributed by atoms with Crippen molar-refractivity contribution in [3.05, 3.63) is 64.6 Å². The van der Waals surface area contributed by atoms with Crippen LogP contribution in [0.2, 0.25) is 0 Å². The average Bonchev–Trinajstić information content (AvgIpc) is 2.83. The lowest BCUT2D eigenvalue weighted by molar-refractivity contribution is 0.154. The van der Waals surface area contributed by atoms with Gasteiger partial charge in [-0.25, -0.2) is 4.79 Å². The van der Waals surface area contributed by atoms with Crippen molar-refractivity contribution in [2.45, 2.75) is 12.6 Å². The number of aliphatic hydroxyl groups excluding tert-OH is 1. The zero-order valence-corrected chi connectivity index (χ0v) is 11.5. The van der Waals surface area contributed by atoms with Crippen LogP contribution in [0.1, 0.15) is 11.7 Å². The number of para-hydroxylation sites is 2. The number of ether oxygens (including phenoxy) is 1. The summed E-state index contributed by atoms with van der Waals surface area (Å²) < 4.78 is 11.7. The quantitative estimate of drug-likeness (QED) is 0.799. The molecule has 3 aromatic rings. The summed E-state index contributed by atoms with van der Waals surface area (Å²) in [6.45, 7) is 0.128. The van der Waals surface area contributed by atoms with Crippen LogP contribution in [-0.4, -0.2) is 16.8 Å². The number of nitrogens with zero attached hydrogens (tertiary/aromatic N) is 1. The van der Waals surface area contributed by atoms with Gasteiger partial charge in [0, 0.05) is 0 Å². The third-order valence-electron chi connectivity index (χ3n) is 3.41. The molecule has 0 saturated heterocycles. The predicted molar refractivity (Wildman–Crippen MR) is 78.4 cm³/mol. The minimum absolute atomic E-state index is 0.128. The van der Waals surface area contributed by atoms with E-state index in [4.69, 9.17) is 9.15 Å². The molecule has 0 aliphatic carbocycles. The lowest BCUT2D eigenvalue weighted by Crippen LogP contribution is -2.18. The highest BCUT2D eigenvalue weighted by Gasteiger charge is 2.14. The van der Waals surface area contributed by atoms with Crippen LogP contribution < -0.4 is 10.5 Å². The largest absolute Gasteiger partial charge is 0.497 e. The van der Waals surface area contributed by atoms with E-state index in [9.17, 15) is 9.90 Å². The Morgan fingerprint density at radius 2 is 2.05 bits per heavy atom. The van der Waals surface area contributed by atoms with Gasteiger partial charge in [-0.15, -0.1) is 0 Å². The fourth-order valence-electron chi connectivity index (χ4n) is 2.31. The molecule has 0 radical (unpaired) electrons. The van der Waals surface area contributed by atoms with E-state index < -0.39 is 11.9 Å². The second kappa shape index (κ2) is 5.46. The number of hydrogen-bond donors (Lipinski definition) is 1. The Kier molecular flexibility index (Phi) is 3.50. The Bertz CT molecular complexity index is 818. The molecular weight excluding hydrogens is 270 g/mol. The second-order valence-electron chi connectivity index (χ2n) is 4.74. The molecule has 21 heavy (non-hydrogen) atoms. The summed E-state index contributed by atoms with van der Waals surface area (Å²) in [7, 11) is 1.57. The summed E-state index contributed by atoms with van der Waals surface area (Å²) >= 11 is 0. The monoisotopic (exact) mass is 285 g/mol. The van der Waals surface area contributed by atoms with Crippen LogP contribution >= 0.6 is 0 Å². The molecule has 3 rings (SSSR count). The van der Waals surface area contributed by atoms with E-state index in [1.807, 2.05) is 6.07 Å². The van der Waals surface area contributed by atoms with Gasteiger partial charge in [0.05, 0.1) is 25.3 Å². The summed E-state index contributed by atoms with van der Waals surface area (Å²) in [5, 5.41) is 10.3. The Morgan fingerprint density at radius 3 is 2.86 bits per heavy atom. The Morgan fingerprint density at radius 1 is 1.24 bits per heavy atom. The Hall–Kier alpha value is -2.53. The molecule has 1 unspecified atom stereocenters. The van der Waals surface area contributed by atoms with Gasteiger partial charge in [-0.05, 0) is 29.8 Å². The van der Waals surface area contributed by atoms with Crippen LogP contribution in [0.3, 0.4) is 0 Å². The third-order valence-corrected chi connectivity index (χ3v) is 3.41. The van der Waals surface area contributed by atoms with Gasteiger partial charge in [-0.1, -0.05) is 24.3 Å². The van der Waals surface area contributed by atoms with Crippen molar-refractivity contribution in [1.29, 1.82) is 0 Å². The van der Waals surface area contributed by atoms with E-state index in [1.54, 1.807) is 49.6 Å². The van der Waals surface area contributed by atoms with Crippen molar-refractivity contribution in [2.75, 3.05) is 7.11 Å². The highest BCUT2D eigenvalue weighted by Crippen LogP contribution is 2.21. The minimum atomic E-state index is -0.821. The first-order chi connectivity index (χ1) is 10.2. The van der Waals surface area contributed by atoms with Gasteiger partial charge in [0.2, 0.25) is 0 Å². The molecule has 0 bridgehead atoms. The van der Waals surface area contributed by atoms with Gasteiger partial charge in [-0.2, -0.15) is 0 Å². The fraction of sp³-hybridized carbons (Fsp3) is 0.188. The van der Waals surface area contributed by atoms with E-state index in [2.05, 4.69) is 0 Å². The molecule has 108 valence electrons. The van der Waals surface area contributed by atoms with Crippen molar-refractivity contribution < 1.29 is 14.3 Å². The van der Waals surface area contributed by atoms with Crippen LogP contribution in [0, 0.1) is 0 Å². The molecule has 0 aliphatic rings. The first kappa shape index (κ1) is 13.5. The van der Waals surface area contributed by atoms with Gasteiger partial charge in [-0.3, -0.25) is 4.57 Å². The van der Waals surface area contributed by atoms with Gasteiger partial charge in [0.25, 0.3) is 0 Å². The average molecular weight is 285 g/mol. The number of aromatic nitrogens is 1. The number of fused-ring (bicyclic) bond motifs is 1. The maximum absolute atomic E-state index is 11.9. The minimum Gasteiger partial charge on any atom is -0.497 e. The van der Waals surface area contributed by atoms with Crippen LogP contribution in [0.4, 0.5) is 0 Å². The van der Waals surface area contributed by atoms with Crippen molar-refractivity contribution in [3.8, 4) is 5.75 Å². The van der Waals surface area contributed by atoms with E-state index in [0.717, 1.165) is 0 Å². The van der Waals surface area contributed by atoms with Gasteiger partial charge >= 0.3 is 5.76 Å². The highest BCUT2D eigenvalue weighted by atomic mass is 16.5. The van der Waals surface area contributed by atoms with E-state index in [-0.39, 0.29) is 6.54 Å².